The molecule has 0 aromatic heterocycles. The number of hydrogen-bond acceptors (Lipinski definition) is 3. The molecule has 1 atom stereocenters. The van der Waals surface area contributed by atoms with E-state index in [1.165, 1.54) is 17.3 Å². The molecule has 1 saturated heterocycles. The highest BCUT2D eigenvalue weighted by Crippen LogP contribution is 2.24. The second-order valence-corrected chi connectivity index (χ2v) is 6.10. The van der Waals surface area contributed by atoms with E-state index in [0.29, 0.717) is 13.1 Å². The lowest BCUT2D eigenvalue weighted by Crippen LogP contribution is -2.51. The van der Waals surface area contributed by atoms with Crippen molar-refractivity contribution in [1.82, 2.24) is 10.2 Å². The lowest BCUT2D eigenvalue weighted by molar-refractivity contribution is -0.137. The molecular weight excluding hydrogens is 260 g/mol. The van der Waals surface area contributed by atoms with Crippen LogP contribution in [0.3, 0.4) is 0 Å². The quantitative estimate of drug-likeness (QED) is 0.851. The summed E-state index contributed by atoms with van der Waals surface area (Å²) >= 11 is 1.53. The van der Waals surface area contributed by atoms with Gasteiger partial charge in [-0.05, 0) is 26.0 Å². The van der Waals surface area contributed by atoms with E-state index in [1.807, 2.05) is 38.1 Å². The zero-order chi connectivity index (χ0) is 13.8. The van der Waals surface area contributed by atoms with E-state index in [0.717, 1.165) is 4.90 Å². The van der Waals surface area contributed by atoms with Crippen LogP contribution in [0.1, 0.15) is 12.5 Å². The van der Waals surface area contributed by atoms with Gasteiger partial charge in [0.1, 0.15) is 0 Å². The van der Waals surface area contributed by atoms with Crippen molar-refractivity contribution in [2.24, 2.45) is 0 Å². The monoisotopic (exact) mass is 278 g/mol. The van der Waals surface area contributed by atoms with Gasteiger partial charge in [0, 0.05) is 18.0 Å². The molecule has 5 heteroatoms. The molecular formula is C14H18N2O2S. The summed E-state index contributed by atoms with van der Waals surface area (Å²) < 4.78 is 0. The maximum absolute atomic E-state index is 12.2. The minimum atomic E-state index is -0.173. The molecule has 1 aliphatic heterocycles. The van der Waals surface area contributed by atoms with E-state index >= 15 is 0 Å². The number of nitrogens with zero attached hydrogens (tertiary/aromatic N) is 1. The Morgan fingerprint density at radius 2 is 2.05 bits per heavy atom. The van der Waals surface area contributed by atoms with E-state index < -0.39 is 0 Å². The standard InChI is InChI=1S/C14H18N2O2S/c1-10-3-5-12(6-4-10)19-11(2)14(18)16-8-7-15-13(17)9-16/h3-6,11H,7-9H2,1-2H3,(H,15,17). The number of carbonyl (C=O) groups is 2. The van der Waals surface area contributed by atoms with Crippen LogP contribution < -0.4 is 5.32 Å². The van der Waals surface area contributed by atoms with Gasteiger partial charge in [-0.25, -0.2) is 0 Å². The molecule has 1 fully saturated rings. The first-order valence-electron chi connectivity index (χ1n) is 6.35. The number of nitrogens with one attached hydrogen (secondary N) is 1. The first-order valence-corrected chi connectivity index (χ1v) is 7.23. The van der Waals surface area contributed by atoms with Crippen LogP contribution in [0.4, 0.5) is 0 Å². The Kier molecular flexibility index (Phi) is 4.47. The topological polar surface area (TPSA) is 49.4 Å². The lowest BCUT2D eigenvalue weighted by atomic mass is 10.2. The van der Waals surface area contributed by atoms with E-state index in [1.54, 1.807) is 4.90 Å². The number of benzene rings is 1. The van der Waals surface area contributed by atoms with E-state index in [-0.39, 0.29) is 23.6 Å². The zero-order valence-corrected chi connectivity index (χ0v) is 12.0. The molecule has 1 aromatic carbocycles. The Hall–Kier alpha value is -1.49. The highest BCUT2D eigenvalue weighted by Gasteiger charge is 2.25. The number of aryl methyl sites for hydroxylation is 1. The fraction of sp³-hybridized carbons (Fsp3) is 0.429. The highest BCUT2D eigenvalue weighted by molar-refractivity contribution is 8.00. The van der Waals surface area contributed by atoms with Crippen molar-refractivity contribution >= 4 is 23.6 Å². The molecule has 0 aliphatic carbocycles. The number of thioether (sulfide) groups is 1. The molecule has 2 rings (SSSR count). The van der Waals surface area contributed by atoms with Gasteiger partial charge in [0.2, 0.25) is 11.8 Å². The van der Waals surface area contributed by atoms with E-state index in [4.69, 9.17) is 0 Å². The predicted octanol–water partition coefficient (Wildman–Crippen LogP) is 1.43. The maximum atomic E-state index is 12.2. The molecule has 102 valence electrons. The molecule has 19 heavy (non-hydrogen) atoms. The highest BCUT2D eigenvalue weighted by atomic mass is 32.2. The number of piperazine rings is 1. The molecule has 1 N–H and O–H groups in total. The Morgan fingerprint density at radius 3 is 2.68 bits per heavy atom. The summed E-state index contributed by atoms with van der Waals surface area (Å²) in [5.74, 6) is -0.0486. The summed E-state index contributed by atoms with van der Waals surface area (Å²) in [7, 11) is 0. The van der Waals surface area contributed by atoms with Crippen molar-refractivity contribution in [3.05, 3.63) is 29.8 Å². The van der Waals surface area contributed by atoms with Gasteiger partial charge in [0.25, 0.3) is 0 Å². The van der Waals surface area contributed by atoms with Crippen molar-refractivity contribution in [2.75, 3.05) is 19.6 Å². The molecule has 0 bridgehead atoms. The van der Waals surface area contributed by atoms with Gasteiger partial charge in [0.15, 0.2) is 0 Å². The zero-order valence-electron chi connectivity index (χ0n) is 11.2. The van der Waals surface area contributed by atoms with Gasteiger partial charge in [-0.2, -0.15) is 0 Å². The summed E-state index contributed by atoms with van der Waals surface area (Å²) in [5, 5.41) is 2.55. The van der Waals surface area contributed by atoms with Crippen LogP contribution in [-0.4, -0.2) is 41.6 Å². The number of amides is 2. The van der Waals surface area contributed by atoms with E-state index in [2.05, 4.69) is 5.32 Å². The van der Waals surface area contributed by atoms with Gasteiger partial charge in [0.05, 0.1) is 11.8 Å². The average Bonchev–Trinajstić information content (AvgIpc) is 2.40. The molecule has 0 spiro atoms. The molecule has 4 nitrogen and oxygen atoms in total. The van der Waals surface area contributed by atoms with Crippen LogP contribution in [0, 0.1) is 6.92 Å². The van der Waals surface area contributed by atoms with Crippen LogP contribution in [-0.2, 0) is 9.59 Å². The number of carbonyl (C=O) groups excluding carboxylic acids is 2. The first kappa shape index (κ1) is 13.9. The minimum Gasteiger partial charge on any atom is -0.353 e. The van der Waals surface area contributed by atoms with Crippen molar-refractivity contribution in [3.63, 3.8) is 0 Å². The molecule has 2 amide bonds. The first-order chi connectivity index (χ1) is 9.06. The third kappa shape index (κ3) is 3.73. The number of hydrogen-bond donors (Lipinski definition) is 1. The van der Waals surface area contributed by atoms with Crippen molar-refractivity contribution in [3.8, 4) is 0 Å². The average molecular weight is 278 g/mol. The van der Waals surface area contributed by atoms with Crippen LogP contribution in [0.15, 0.2) is 29.2 Å². The summed E-state index contributed by atoms with van der Waals surface area (Å²) in [4.78, 5) is 26.2. The molecule has 1 aliphatic rings. The fourth-order valence-electron chi connectivity index (χ4n) is 1.96. The molecule has 0 saturated carbocycles. The van der Waals surface area contributed by atoms with Crippen molar-refractivity contribution in [2.45, 2.75) is 24.0 Å². The SMILES string of the molecule is Cc1ccc(SC(C)C(=O)N2CCNC(=O)C2)cc1. The molecule has 1 unspecified atom stereocenters. The Labute approximate surface area is 117 Å². The Bertz CT molecular complexity index is 473. The maximum Gasteiger partial charge on any atom is 0.239 e. The Balaban J connectivity index is 1.95. The van der Waals surface area contributed by atoms with Gasteiger partial charge in [-0.3, -0.25) is 9.59 Å². The predicted molar refractivity (Wildman–Crippen MR) is 76.1 cm³/mol. The van der Waals surface area contributed by atoms with E-state index in [9.17, 15) is 9.59 Å². The van der Waals surface area contributed by atoms with Crippen LogP contribution in [0.2, 0.25) is 0 Å². The molecule has 0 radical (unpaired) electrons. The summed E-state index contributed by atoms with van der Waals surface area (Å²) in [6.45, 7) is 5.25. The summed E-state index contributed by atoms with van der Waals surface area (Å²) in [6.07, 6.45) is 0. The van der Waals surface area contributed by atoms with Gasteiger partial charge in [-0.15, -0.1) is 11.8 Å². The fourth-order valence-corrected chi connectivity index (χ4v) is 2.91. The van der Waals surface area contributed by atoms with Gasteiger partial charge < -0.3 is 10.2 Å². The van der Waals surface area contributed by atoms with Crippen molar-refractivity contribution < 1.29 is 9.59 Å². The summed E-state index contributed by atoms with van der Waals surface area (Å²) in [5.41, 5.74) is 1.20. The number of rotatable bonds is 3. The summed E-state index contributed by atoms with van der Waals surface area (Å²) in [6, 6.07) is 8.11. The minimum absolute atomic E-state index is 0.0282. The molecule has 1 aromatic rings. The Morgan fingerprint density at radius 1 is 1.37 bits per heavy atom. The second-order valence-electron chi connectivity index (χ2n) is 4.68. The third-order valence-electron chi connectivity index (χ3n) is 3.03. The van der Waals surface area contributed by atoms with Crippen LogP contribution in [0.5, 0.6) is 0 Å². The molecule has 1 heterocycles. The largest absolute Gasteiger partial charge is 0.353 e. The van der Waals surface area contributed by atoms with Crippen LogP contribution >= 0.6 is 11.8 Å². The smallest absolute Gasteiger partial charge is 0.239 e. The van der Waals surface area contributed by atoms with Gasteiger partial charge >= 0.3 is 0 Å². The second kappa shape index (κ2) is 6.10. The normalized spacial score (nSPS) is 16.9. The van der Waals surface area contributed by atoms with Crippen LogP contribution in [0.25, 0.3) is 0 Å². The van der Waals surface area contributed by atoms with Gasteiger partial charge in [-0.1, -0.05) is 17.7 Å². The lowest BCUT2D eigenvalue weighted by Gasteiger charge is -2.28. The third-order valence-corrected chi connectivity index (χ3v) is 4.13. The van der Waals surface area contributed by atoms with Crippen molar-refractivity contribution in [1.29, 1.82) is 0 Å².